The number of pyridine rings is 1. The molecule has 2 unspecified atom stereocenters. The van der Waals surface area contributed by atoms with Gasteiger partial charge in [-0.2, -0.15) is 0 Å². The molecule has 0 spiro atoms. The van der Waals surface area contributed by atoms with Crippen LogP contribution in [0.2, 0.25) is 0 Å². The quantitative estimate of drug-likeness (QED) is 0.561. The van der Waals surface area contributed by atoms with Gasteiger partial charge in [-0.3, -0.25) is 19.1 Å². The van der Waals surface area contributed by atoms with Gasteiger partial charge in [-0.05, 0) is 11.6 Å². The van der Waals surface area contributed by atoms with Crippen molar-refractivity contribution < 1.29 is 34.2 Å². The number of carbonyl (C=O) groups is 2. The van der Waals surface area contributed by atoms with Gasteiger partial charge in [0.1, 0.15) is 0 Å². The summed E-state index contributed by atoms with van der Waals surface area (Å²) in [5, 5.41) is 18.4. The summed E-state index contributed by atoms with van der Waals surface area (Å²) in [4.78, 5) is 45.0. The number of nitrogens with zero attached hydrogens (tertiary/aromatic N) is 1. The monoisotopic (exact) mass is 317 g/mol. The number of carboxylic acids is 2. The molecule has 4 N–H and O–H groups in total. The topological polar surface area (TPSA) is 145 Å². The lowest BCUT2D eigenvalue weighted by Gasteiger charge is -2.35. The Morgan fingerprint density at radius 3 is 2.14 bits per heavy atom. The van der Waals surface area contributed by atoms with Crippen LogP contribution in [0.5, 0.6) is 0 Å². The molecule has 0 aliphatic carbocycles. The normalized spacial score (nSPS) is 15.2. The molecule has 0 amide bonds. The maximum atomic E-state index is 11.5. The van der Waals surface area contributed by atoms with Crippen LogP contribution in [0, 0.1) is 5.92 Å². The zero-order valence-electron chi connectivity index (χ0n) is 11.4. The average Bonchev–Trinajstić information content (AvgIpc) is 2.34. The van der Waals surface area contributed by atoms with Gasteiger partial charge in [-0.1, -0.05) is 19.9 Å². The number of rotatable bonds is 6. The highest BCUT2D eigenvalue weighted by Crippen LogP contribution is 2.50. The summed E-state index contributed by atoms with van der Waals surface area (Å²) < 4.78 is 11.4. The van der Waals surface area contributed by atoms with Crippen molar-refractivity contribution in [3.05, 3.63) is 30.1 Å². The highest BCUT2D eigenvalue weighted by molar-refractivity contribution is 7.53. The van der Waals surface area contributed by atoms with Crippen molar-refractivity contribution in [3.8, 4) is 0 Å². The second-order valence-corrected chi connectivity index (χ2v) is 6.89. The molecule has 0 aliphatic rings. The van der Waals surface area contributed by atoms with E-state index in [1.165, 1.54) is 38.4 Å². The lowest BCUT2D eigenvalue weighted by atomic mass is 9.72. The molecule has 1 aromatic heterocycles. The van der Waals surface area contributed by atoms with E-state index in [9.17, 15) is 29.0 Å². The third-order valence-electron chi connectivity index (χ3n) is 3.38. The van der Waals surface area contributed by atoms with E-state index < -0.39 is 36.5 Å². The van der Waals surface area contributed by atoms with Gasteiger partial charge in [0.2, 0.25) is 0 Å². The van der Waals surface area contributed by atoms with Crippen molar-refractivity contribution in [2.75, 3.05) is 0 Å². The van der Waals surface area contributed by atoms with E-state index in [4.69, 9.17) is 5.11 Å². The molecule has 0 saturated carbocycles. The third kappa shape index (κ3) is 3.66. The number of hydrogen-bond acceptors (Lipinski definition) is 4. The van der Waals surface area contributed by atoms with E-state index in [-0.39, 0.29) is 0 Å². The predicted octanol–water partition coefficient (Wildman–Crippen LogP) is 0.691. The van der Waals surface area contributed by atoms with Crippen molar-refractivity contribution in [2.45, 2.75) is 24.9 Å². The van der Waals surface area contributed by atoms with Gasteiger partial charge >= 0.3 is 19.5 Å². The molecule has 8 nitrogen and oxygen atoms in total. The van der Waals surface area contributed by atoms with E-state index in [1.54, 1.807) is 0 Å². The highest BCUT2D eigenvalue weighted by Gasteiger charge is 2.53. The van der Waals surface area contributed by atoms with Crippen molar-refractivity contribution in [2.24, 2.45) is 5.92 Å². The Morgan fingerprint density at radius 2 is 1.81 bits per heavy atom. The molecular formula is C12H16NO7P. The van der Waals surface area contributed by atoms with Crippen molar-refractivity contribution in [1.29, 1.82) is 0 Å². The lowest BCUT2D eigenvalue weighted by Crippen LogP contribution is -2.46. The fourth-order valence-electron chi connectivity index (χ4n) is 2.24. The first-order valence-electron chi connectivity index (χ1n) is 5.91. The molecule has 1 heterocycles. The summed E-state index contributed by atoms with van der Waals surface area (Å²) in [6.07, 6.45) is 2.79. The van der Waals surface area contributed by atoms with Gasteiger partial charge in [-0.15, -0.1) is 0 Å². The van der Waals surface area contributed by atoms with Crippen LogP contribution in [0.25, 0.3) is 0 Å². The Bertz CT molecular complexity index is 581. The molecule has 116 valence electrons. The summed E-state index contributed by atoms with van der Waals surface area (Å²) in [7, 11) is -5.16. The molecule has 0 saturated heterocycles. The first-order valence-corrected chi connectivity index (χ1v) is 7.59. The zero-order chi connectivity index (χ0) is 16.4. The Kier molecular flexibility index (Phi) is 4.88. The van der Waals surface area contributed by atoms with Gasteiger partial charge in [0.25, 0.3) is 0 Å². The first-order chi connectivity index (χ1) is 9.49. The van der Waals surface area contributed by atoms with Gasteiger partial charge < -0.3 is 20.0 Å². The largest absolute Gasteiger partial charge is 0.481 e. The standard InChI is InChI=1S/C12H16NO7P/c1-12(2,7-4-3-5-13-6-7)8(10(14)15)9(11(16)17)21(18,19)20/h3-6,8-9H,1-2H3,(H,14,15)(H,16,17)(H2,18,19,20). The Hall–Kier alpha value is -1.76. The van der Waals surface area contributed by atoms with Crippen molar-refractivity contribution in [3.63, 3.8) is 0 Å². The van der Waals surface area contributed by atoms with Crippen LogP contribution in [0.15, 0.2) is 24.5 Å². The van der Waals surface area contributed by atoms with Crippen LogP contribution in [-0.4, -0.2) is 42.6 Å². The summed E-state index contributed by atoms with van der Waals surface area (Å²) >= 11 is 0. The second-order valence-electron chi connectivity index (χ2n) is 5.15. The molecule has 1 rings (SSSR count). The minimum atomic E-state index is -5.16. The molecule has 0 radical (unpaired) electrons. The fourth-order valence-corrected chi connectivity index (χ4v) is 3.42. The maximum absolute atomic E-state index is 11.5. The smallest absolute Gasteiger partial charge is 0.340 e. The molecule has 0 aliphatic heterocycles. The molecule has 21 heavy (non-hydrogen) atoms. The second kappa shape index (κ2) is 5.93. The Balaban J connectivity index is 3.45. The van der Waals surface area contributed by atoms with Gasteiger partial charge in [-0.25, -0.2) is 0 Å². The van der Waals surface area contributed by atoms with Crippen LogP contribution in [0.4, 0.5) is 0 Å². The number of aliphatic carboxylic acids is 2. The van der Waals surface area contributed by atoms with E-state index >= 15 is 0 Å². The summed E-state index contributed by atoms with van der Waals surface area (Å²) in [6.45, 7) is 2.82. The average molecular weight is 317 g/mol. The lowest BCUT2D eigenvalue weighted by molar-refractivity contribution is -0.150. The molecule has 2 atom stereocenters. The maximum Gasteiger partial charge on any atom is 0.340 e. The van der Waals surface area contributed by atoms with Gasteiger partial charge in [0.15, 0.2) is 5.66 Å². The minimum absolute atomic E-state index is 0.372. The number of hydrogen-bond donors (Lipinski definition) is 4. The molecular weight excluding hydrogens is 301 g/mol. The molecule has 9 heteroatoms. The molecule has 1 aromatic rings. The summed E-state index contributed by atoms with van der Waals surface area (Å²) in [6, 6.07) is 3.06. The predicted molar refractivity (Wildman–Crippen MR) is 71.9 cm³/mol. The Morgan fingerprint density at radius 1 is 1.24 bits per heavy atom. The third-order valence-corrected chi connectivity index (χ3v) is 4.62. The highest BCUT2D eigenvalue weighted by atomic mass is 31.2. The Labute approximate surface area is 120 Å². The first kappa shape index (κ1) is 17.3. The van der Waals surface area contributed by atoms with Crippen molar-refractivity contribution in [1.82, 2.24) is 4.98 Å². The van der Waals surface area contributed by atoms with Crippen LogP contribution < -0.4 is 0 Å². The summed E-state index contributed by atoms with van der Waals surface area (Å²) in [5.41, 5.74) is -3.31. The molecule has 0 aromatic carbocycles. The SMILES string of the molecule is CC(C)(c1cccnc1)C(C(=O)O)C(C(=O)O)P(=O)(O)O. The van der Waals surface area contributed by atoms with Crippen LogP contribution >= 0.6 is 7.60 Å². The van der Waals surface area contributed by atoms with Crippen molar-refractivity contribution >= 4 is 19.5 Å². The molecule has 0 fully saturated rings. The zero-order valence-corrected chi connectivity index (χ0v) is 12.3. The van der Waals surface area contributed by atoms with Gasteiger partial charge in [0.05, 0.1) is 5.92 Å². The fraction of sp³-hybridized carbons (Fsp3) is 0.417. The number of aromatic nitrogens is 1. The van der Waals surface area contributed by atoms with Gasteiger partial charge in [0, 0.05) is 17.8 Å². The van der Waals surface area contributed by atoms with Crippen LogP contribution in [0.3, 0.4) is 0 Å². The van der Waals surface area contributed by atoms with E-state index in [2.05, 4.69) is 4.98 Å². The summed E-state index contributed by atoms with van der Waals surface area (Å²) in [5.74, 6) is -5.27. The molecule has 0 bridgehead atoms. The minimum Gasteiger partial charge on any atom is -0.481 e. The van der Waals surface area contributed by atoms with Crippen LogP contribution in [0.1, 0.15) is 19.4 Å². The van der Waals surface area contributed by atoms with E-state index in [1.807, 2.05) is 0 Å². The van der Waals surface area contributed by atoms with E-state index in [0.29, 0.717) is 5.56 Å². The van der Waals surface area contributed by atoms with E-state index in [0.717, 1.165) is 0 Å². The number of carboxylic acid groups (broad SMARTS) is 2. The van der Waals surface area contributed by atoms with Crippen LogP contribution in [-0.2, 0) is 19.6 Å².